The van der Waals surface area contributed by atoms with Crippen molar-refractivity contribution in [3.8, 4) is 5.88 Å². The predicted octanol–water partition coefficient (Wildman–Crippen LogP) is 3.02. The molecule has 0 N–H and O–H groups in total. The highest BCUT2D eigenvalue weighted by Crippen LogP contribution is 2.25. The molecule has 0 atom stereocenters. The van der Waals surface area contributed by atoms with Crippen molar-refractivity contribution in [3.63, 3.8) is 0 Å². The average Bonchev–Trinajstić information content (AvgIpc) is 3.19. The molecular weight excluding hydrogens is 392 g/mol. The number of benzene rings is 1. The molecule has 1 aliphatic heterocycles. The van der Waals surface area contributed by atoms with Gasteiger partial charge in [-0.05, 0) is 31.2 Å². The monoisotopic (exact) mass is 414 g/mol. The maximum absolute atomic E-state index is 13.2. The number of carbonyl (C=O) groups excluding carboxylic acids is 1. The van der Waals surface area contributed by atoms with E-state index in [0.717, 1.165) is 35.1 Å². The Morgan fingerprint density at radius 3 is 2.94 bits per heavy atom. The van der Waals surface area contributed by atoms with Gasteiger partial charge in [0.05, 0.1) is 11.7 Å². The third-order valence-electron chi connectivity index (χ3n) is 5.55. The van der Waals surface area contributed by atoms with E-state index < -0.39 is 0 Å². The summed E-state index contributed by atoms with van der Waals surface area (Å²) in [5, 5.41) is 5.69. The van der Waals surface area contributed by atoms with Gasteiger partial charge < -0.3 is 9.64 Å². The van der Waals surface area contributed by atoms with E-state index in [-0.39, 0.29) is 12.5 Å². The Labute approximate surface area is 179 Å². The van der Waals surface area contributed by atoms with Gasteiger partial charge >= 0.3 is 0 Å². The summed E-state index contributed by atoms with van der Waals surface area (Å²) in [4.78, 5) is 27.6. The van der Waals surface area contributed by atoms with Crippen LogP contribution in [-0.4, -0.2) is 42.1 Å². The second-order valence-electron chi connectivity index (χ2n) is 7.41. The fraction of sp³-hybridized carbons (Fsp3) is 0.261. The Hall–Kier alpha value is -3.81. The van der Waals surface area contributed by atoms with Crippen molar-refractivity contribution in [2.24, 2.45) is 0 Å². The smallest absolute Gasteiger partial charge is 0.254 e. The van der Waals surface area contributed by atoms with E-state index >= 15 is 0 Å². The molecule has 156 valence electrons. The number of rotatable bonds is 5. The number of aromatic nitrogens is 5. The Morgan fingerprint density at radius 2 is 2.10 bits per heavy atom. The lowest BCUT2D eigenvalue weighted by atomic mass is 10.0. The highest BCUT2D eigenvalue weighted by Gasteiger charge is 2.28. The number of fused-ring (bicyclic) bond motifs is 2. The molecule has 0 spiro atoms. The van der Waals surface area contributed by atoms with E-state index in [1.54, 1.807) is 24.8 Å². The zero-order chi connectivity index (χ0) is 21.2. The summed E-state index contributed by atoms with van der Waals surface area (Å²) >= 11 is 0. The molecule has 4 heterocycles. The van der Waals surface area contributed by atoms with Crippen LogP contribution in [0, 0.1) is 0 Å². The van der Waals surface area contributed by atoms with Crippen LogP contribution in [-0.2, 0) is 26.1 Å². The number of hydrogen-bond donors (Lipinski definition) is 0. The Bertz CT molecular complexity index is 1240. The van der Waals surface area contributed by atoms with Gasteiger partial charge in [0.15, 0.2) is 0 Å². The molecular formula is C23H22N6O2. The molecule has 0 fully saturated rings. The van der Waals surface area contributed by atoms with Crippen LogP contribution in [0.3, 0.4) is 0 Å². The average molecular weight is 414 g/mol. The van der Waals surface area contributed by atoms with Crippen LogP contribution in [0.25, 0.3) is 10.9 Å². The second-order valence-corrected chi connectivity index (χ2v) is 7.41. The fourth-order valence-corrected chi connectivity index (χ4v) is 4.01. The molecule has 0 saturated carbocycles. The van der Waals surface area contributed by atoms with E-state index in [9.17, 15) is 4.79 Å². The molecule has 0 unspecified atom stereocenters. The molecule has 0 bridgehead atoms. The summed E-state index contributed by atoms with van der Waals surface area (Å²) in [6.45, 7) is 4.31. The minimum absolute atomic E-state index is 0.0152. The molecule has 8 nitrogen and oxygen atoms in total. The first kappa shape index (κ1) is 19.2. The maximum atomic E-state index is 13.2. The topological polar surface area (TPSA) is 86.0 Å². The number of aryl methyl sites for hydroxylation is 1. The first-order valence-electron chi connectivity index (χ1n) is 10.3. The van der Waals surface area contributed by atoms with Crippen LogP contribution in [0.2, 0.25) is 0 Å². The summed E-state index contributed by atoms with van der Waals surface area (Å²) in [7, 11) is 0. The van der Waals surface area contributed by atoms with Gasteiger partial charge in [0.2, 0.25) is 5.88 Å². The lowest BCUT2D eigenvalue weighted by Crippen LogP contribution is -2.36. The summed E-state index contributed by atoms with van der Waals surface area (Å²) in [5.74, 6) is 0.470. The normalized spacial score (nSPS) is 13.3. The molecule has 1 amide bonds. The number of nitrogens with zero attached hydrogens (tertiary/aromatic N) is 6. The maximum Gasteiger partial charge on any atom is 0.254 e. The zero-order valence-electron chi connectivity index (χ0n) is 17.2. The van der Waals surface area contributed by atoms with Gasteiger partial charge in [-0.1, -0.05) is 6.07 Å². The minimum Gasteiger partial charge on any atom is -0.470 e. The fourth-order valence-electron chi connectivity index (χ4n) is 4.01. The summed E-state index contributed by atoms with van der Waals surface area (Å²) in [6, 6.07) is 9.51. The predicted molar refractivity (Wildman–Crippen MR) is 114 cm³/mol. The van der Waals surface area contributed by atoms with Gasteiger partial charge in [-0.2, -0.15) is 5.10 Å². The third kappa shape index (κ3) is 3.72. The van der Waals surface area contributed by atoms with E-state index in [4.69, 9.17) is 9.84 Å². The molecule has 3 aromatic heterocycles. The van der Waals surface area contributed by atoms with E-state index in [0.29, 0.717) is 24.5 Å². The molecule has 0 saturated heterocycles. The van der Waals surface area contributed by atoms with Gasteiger partial charge in [0.25, 0.3) is 5.91 Å². The first-order valence-corrected chi connectivity index (χ1v) is 10.3. The van der Waals surface area contributed by atoms with Crippen LogP contribution < -0.4 is 4.74 Å². The molecule has 8 heteroatoms. The van der Waals surface area contributed by atoms with Crippen molar-refractivity contribution in [2.45, 2.75) is 33.0 Å². The number of hydrogen-bond acceptors (Lipinski definition) is 6. The molecule has 0 radical (unpaired) electrons. The largest absolute Gasteiger partial charge is 0.470 e. The van der Waals surface area contributed by atoms with Gasteiger partial charge in [0, 0.05) is 66.9 Å². The minimum atomic E-state index is 0.0152. The number of amides is 1. The van der Waals surface area contributed by atoms with Crippen LogP contribution >= 0.6 is 0 Å². The molecule has 0 aliphatic carbocycles. The summed E-state index contributed by atoms with van der Waals surface area (Å²) < 4.78 is 7.79. The van der Waals surface area contributed by atoms with Crippen molar-refractivity contribution < 1.29 is 9.53 Å². The number of carbonyl (C=O) groups is 1. The quantitative estimate of drug-likeness (QED) is 0.499. The van der Waals surface area contributed by atoms with E-state index in [1.165, 1.54) is 5.69 Å². The lowest BCUT2D eigenvalue weighted by molar-refractivity contribution is 0.0732. The van der Waals surface area contributed by atoms with Gasteiger partial charge in [-0.25, -0.2) is 4.98 Å². The van der Waals surface area contributed by atoms with Crippen LogP contribution in [0.5, 0.6) is 5.88 Å². The summed E-state index contributed by atoms with van der Waals surface area (Å²) in [6.07, 6.45) is 7.30. The van der Waals surface area contributed by atoms with Crippen molar-refractivity contribution >= 4 is 16.8 Å². The van der Waals surface area contributed by atoms with Crippen LogP contribution in [0.15, 0.2) is 55.1 Å². The Balaban J connectivity index is 1.39. The second kappa shape index (κ2) is 8.14. The Morgan fingerprint density at radius 1 is 1.16 bits per heavy atom. The summed E-state index contributed by atoms with van der Waals surface area (Å²) in [5.41, 5.74) is 4.62. The van der Waals surface area contributed by atoms with Gasteiger partial charge in [0.1, 0.15) is 12.3 Å². The number of ether oxygens (including phenoxy) is 1. The Kier molecular flexibility index (Phi) is 5.03. The third-order valence-corrected chi connectivity index (χ3v) is 5.55. The van der Waals surface area contributed by atoms with Gasteiger partial charge in [-0.15, -0.1) is 0 Å². The van der Waals surface area contributed by atoms with Crippen molar-refractivity contribution in [1.82, 2.24) is 29.6 Å². The van der Waals surface area contributed by atoms with Crippen LogP contribution in [0.1, 0.15) is 34.2 Å². The molecule has 1 aliphatic rings. The highest BCUT2D eigenvalue weighted by molar-refractivity contribution is 5.98. The van der Waals surface area contributed by atoms with Crippen molar-refractivity contribution in [2.75, 3.05) is 6.54 Å². The van der Waals surface area contributed by atoms with Crippen LogP contribution in [0.4, 0.5) is 0 Å². The lowest BCUT2D eigenvalue weighted by Gasteiger charge is -2.28. The van der Waals surface area contributed by atoms with Crippen molar-refractivity contribution in [3.05, 3.63) is 77.6 Å². The first-order chi connectivity index (χ1) is 15.2. The van der Waals surface area contributed by atoms with E-state index in [2.05, 4.69) is 21.9 Å². The van der Waals surface area contributed by atoms with Crippen molar-refractivity contribution in [1.29, 1.82) is 0 Å². The molecule has 5 rings (SSSR count). The van der Waals surface area contributed by atoms with E-state index in [1.807, 2.05) is 39.9 Å². The number of pyridine rings is 1. The molecule has 1 aromatic carbocycles. The SMILES string of the molecule is CCn1nc(COc2cnccn2)c2c1CCN(C(=O)c1ccc3ncccc3c1)C2. The molecule has 4 aromatic rings. The standard InChI is InChI=1S/C23H22N6O2/c1-2-29-21-7-11-28(23(30)17-5-6-19-16(12-17)4-3-8-25-19)14-18(21)20(27-29)15-31-22-13-24-9-10-26-22/h3-6,8-10,12-13H,2,7,11,14-15H2,1H3. The molecule has 31 heavy (non-hydrogen) atoms. The van der Waals surface area contributed by atoms with Gasteiger partial charge in [-0.3, -0.25) is 19.4 Å². The zero-order valence-corrected chi connectivity index (χ0v) is 17.2. The highest BCUT2D eigenvalue weighted by atomic mass is 16.5.